The lowest BCUT2D eigenvalue weighted by Gasteiger charge is -2.20. The summed E-state index contributed by atoms with van der Waals surface area (Å²) in [5, 5.41) is 7.52. The van der Waals surface area contributed by atoms with Crippen molar-refractivity contribution in [1.82, 2.24) is 0 Å². The highest BCUT2D eigenvalue weighted by Crippen LogP contribution is 2.43. The fourth-order valence-corrected chi connectivity index (χ4v) is 4.38. The van der Waals surface area contributed by atoms with Crippen molar-refractivity contribution in [2.24, 2.45) is 0 Å². The number of hydrogen-bond acceptors (Lipinski definition) is 0. The van der Waals surface area contributed by atoms with E-state index in [-0.39, 0.29) is 0 Å². The van der Waals surface area contributed by atoms with Crippen LogP contribution in [0.15, 0.2) is 73.8 Å². The van der Waals surface area contributed by atoms with Gasteiger partial charge in [-0.25, -0.2) is 0 Å². The summed E-state index contributed by atoms with van der Waals surface area (Å²) >= 11 is 0. The van der Waals surface area contributed by atoms with E-state index >= 15 is 0 Å². The molecule has 0 N–H and O–H groups in total. The summed E-state index contributed by atoms with van der Waals surface area (Å²) in [5.74, 6) is 0. The molecule has 4 aromatic carbocycles. The predicted molar refractivity (Wildman–Crippen MR) is 129 cm³/mol. The molecule has 0 amide bonds. The quantitative estimate of drug-likeness (QED) is 0.320. The molecule has 4 rings (SSSR count). The van der Waals surface area contributed by atoms with Gasteiger partial charge in [-0.05, 0) is 68.4 Å². The summed E-state index contributed by atoms with van der Waals surface area (Å²) in [5.41, 5.74) is 4.82. The Hall–Kier alpha value is -3.38. The van der Waals surface area contributed by atoms with Crippen molar-refractivity contribution >= 4 is 56.6 Å². The largest absolute Gasteiger partial charge is 0.0984 e. The van der Waals surface area contributed by atoms with Crippen LogP contribution in [0.25, 0.3) is 56.6 Å². The van der Waals surface area contributed by atoms with E-state index in [1.807, 2.05) is 12.2 Å². The lowest BCUT2D eigenvalue weighted by Crippen LogP contribution is -1.95. The zero-order chi connectivity index (χ0) is 19.7. The Balaban J connectivity index is 2.51. The maximum Gasteiger partial charge on any atom is -0.00140 e. The van der Waals surface area contributed by atoms with Gasteiger partial charge in [-0.2, -0.15) is 0 Å². The van der Waals surface area contributed by atoms with Crippen LogP contribution in [0, 0.1) is 0 Å². The van der Waals surface area contributed by atoms with Crippen molar-refractivity contribution in [1.29, 1.82) is 0 Å². The summed E-state index contributed by atoms with van der Waals surface area (Å²) in [4.78, 5) is 0. The normalized spacial score (nSPS) is 11.9. The van der Waals surface area contributed by atoms with E-state index in [1.165, 1.54) is 54.6 Å². The predicted octanol–water partition coefficient (Wildman–Crippen LogP) is 8.50. The van der Waals surface area contributed by atoms with Crippen LogP contribution >= 0.6 is 0 Å². The minimum Gasteiger partial charge on any atom is -0.0984 e. The van der Waals surface area contributed by atoms with Gasteiger partial charge in [-0.1, -0.05) is 98.1 Å². The van der Waals surface area contributed by atoms with Crippen LogP contribution in [0.3, 0.4) is 0 Å². The number of hydrogen-bond donors (Lipinski definition) is 0. The molecule has 0 aromatic heterocycles. The van der Waals surface area contributed by atoms with Crippen molar-refractivity contribution < 1.29 is 0 Å². The van der Waals surface area contributed by atoms with Crippen LogP contribution < -0.4 is 0 Å². The molecule has 0 heterocycles. The molecule has 0 heteroatoms. The smallest absolute Gasteiger partial charge is 0.00140 e. The Morgan fingerprint density at radius 2 is 0.893 bits per heavy atom. The first-order valence-corrected chi connectivity index (χ1v) is 9.70. The van der Waals surface area contributed by atoms with E-state index in [9.17, 15) is 0 Å². The molecule has 0 radical (unpaired) electrons. The van der Waals surface area contributed by atoms with Gasteiger partial charge in [-0.3, -0.25) is 0 Å². The summed E-state index contributed by atoms with van der Waals surface area (Å²) < 4.78 is 0. The average Bonchev–Trinajstić information content (AvgIpc) is 2.74. The van der Waals surface area contributed by atoms with E-state index in [1.54, 1.807) is 0 Å². The second-order valence-corrected chi connectivity index (χ2v) is 6.90. The summed E-state index contributed by atoms with van der Waals surface area (Å²) in [6, 6.07) is 17.3. The van der Waals surface area contributed by atoms with E-state index in [0.29, 0.717) is 0 Å². The number of allylic oxidation sites excluding steroid dienone is 2. The number of benzene rings is 4. The standard InChI is InChI=1S/C28H24/c1-5-13-23-19(7-3)21-15-9-12-18-26(21)28-24(14-6-2)20(8-4)22-16-10-11-17-25(22)27(23)28/h5-18H,3-4H2,1-2H3/b13-5-,14-6-. The van der Waals surface area contributed by atoms with Gasteiger partial charge in [-0.15, -0.1) is 0 Å². The third-order valence-electron chi connectivity index (χ3n) is 5.42. The number of rotatable bonds is 4. The Morgan fingerprint density at radius 1 is 0.536 bits per heavy atom. The van der Waals surface area contributed by atoms with Crippen LogP contribution in [0.2, 0.25) is 0 Å². The van der Waals surface area contributed by atoms with E-state index in [4.69, 9.17) is 0 Å². The third kappa shape index (κ3) is 2.53. The highest BCUT2D eigenvalue weighted by molar-refractivity contribution is 6.26. The molecule has 28 heavy (non-hydrogen) atoms. The van der Waals surface area contributed by atoms with Gasteiger partial charge in [0.25, 0.3) is 0 Å². The SMILES string of the molecule is C=Cc1c(/C=C\C)c2c3ccccc3c(C=C)c(/C=C\C)c2c2ccccc12. The second kappa shape index (κ2) is 7.32. The van der Waals surface area contributed by atoms with Gasteiger partial charge in [0.15, 0.2) is 0 Å². The fourth-order valence-electron chi connectivity index (χ4n) is 4.38. The van der Waals surface area contributed by atoms with Crippen LogP contribution in [-0.2, 0) is 0 Å². The van der Waals surface area contributed by atoms with Crippen molar-refractivity contribution in [3.8, 4) is 0 Å². The van der Waals surface area contributed by atoms with E-state index in [2.05, 4.69) is 99.8 Å². The monoisotopic (exact) mass is 360 g/mol. The van der Waals surface area contributed by atoms with Crippen molar-refractivity contribution in [3.63, 3.8) is 0 Å². The van der Waals surface area contributed by atoms with Crippen molar-refractivity contribution in [2.75, 3.05) is 0 Å². The lowest BCUT2D eigenvalue weighted by molar-refractivity contribution is 1.67. The Morgan fingerprint density at radius 3 is 1.21 bits per heavy atom. The zero-order valence-corrected chi connectivity index (χ0v) is 16.5. The molecule has 0 bridgehead atoms. The first-order valence-electron chi connectivity index (χ1n) is 9.70. The Bertz CT molecular complexity index is 1190. The van der Waals surface area contributed by atoms with Gasteiger partial charge in [0.1, 0.15) is 0 Å². The van der Waals surface area contributed by atoms with Gasteiger partial charge in [0.2, 0.25) is 0 Å². The Kier molecular flexibility index (Phi) is 4.71. The summed E-state index contributed by atoms with van der Waals surface area (Å²) in [7, 11) is 0. The van der Waals surface area contributed by atoms with Crippen LogP contribution in [0.5, 0.6) is 0 Å². The van der Waals surface area contributed by atoms with E-state index < -0.39 is 0 Å². The summed E-state index contributed by atoms with van der Waals surface area (Å²) in [6.07, 6.45) is 12.6. The third-order valence-corrected chi connectivity index (χ3v) is 5.42. The molecule has 0 saturated heterocycles. The minimum atomic E-state index is 1.18. The van der Waals surface area contributed by atoms with Gasteiger partial charge in [0.05, 0.1) is 0 Å². The molecule has 0 fully saturated rings. The van der Waals surface area contributed by atoms with Crippen LogP contribution in [0.1, 0.15) is 36.1 Å². The molecule has 0 aliphatic rings. The Labute approximate surface area is 166 Å². The highest BCUT2D eigenvalue weighted by Gasteiger charge is 2.18. The maximum atomic E-state index is 4.14. The lowest BCUT2D eigenvalue weighted by atomic mass is 9.83. The molecule has 4 aromatic rings. The minimum absolute atomic E-state index is 1.18. The maximum absolute atomic E-state index is 4.14. The molecule has 0 aliphatic carbocycles. The second-order valence-electron chi connectivity index (χ2n) is 6.90. The molecule has 136 valence electrons. The molecular formula is C28H24. The molecule has 0 nitrogen and oxygen atoms in total. The molecule has 0 aliphatic heterocycles. The first kappa shape index (κ1) is 18.0. The van der Waals surface area contributed by atoms with Crippen LogP contribution in [0.4, 0.5) is 0 Å². The number of fused-ring (bicyclic) bond motifs is 5. The fraction of sp³-hybridized carbons (Fsp3) is 0.0714. The van der Waals surface area contributed by atoms with Crippen molar-refractivity contribution in [2.45, 2.75) is 13.8 Å². The molecule has 0 unspecified atom stereocenters. The van der Waals surface area contributed by atoms with Crippen LogP contribution in [-0.4, -0.2) is 0 Å². The van der Waals surface area contributed by atoms with Crippen molar-refractivity contribution in [3.05, 3.63) is 96.1 Å². The molecule has 0 saturated carbocycles. The molecule has 0 atom stereocenters. The van der Waals surface area contributed by atoms with E-state index in [0.717, 1.165) is 0 Å². The highest BCUT2D eigenvalue weighted by atomic mass is 14.2. The topological polar surface area (TPSA) is 0 Å². The first-order chi connectivity index (χ1) is 13.8. The summed E-state index contributed by atoms with van der Waals surface area (Å²) in [6.45, 7) is 12.4. The van der Waals surface area contributed by atoms with Gasteiger partial charge >= 0.3 is 0 Å². The van der Waals surface area contributed by atoms with Gasteiger partial charge in [0, 0.05) is 0 Å². The zero-order valence-electron chi connectivity index (χ0n) is 16.5. The van der Waals surface area contributed by atoms with Gasteiger partial charge < -0.3 is 0 Å². The average molecular weight is 361 g/mol. The molecule has 0 spiro atoms. The molecular weight excluding hydrogens is 336 g/mol.